The van der Waals surface area contributed by atoms with E-state index in [-0.39, 0.29) is 0 Å². The first-order valence-corrected chi connectivity index (χ1v) is 6.03. The fourth-order valence-electron chi connectivity index (χ4n) is 2.27. The summed E-state index contributed by atoms with van der Waals surface area (Å²) < 4.78 is 0. The molecule has 0 amide bonds. The van der Waals surface area contributed by atoms with Gasteiger partial charge in [0.05, 0.1) is 0 Å². The van der Waals surface area contributed by atoms with Crippen molar-refractivity contribution in [1.82, 2.24) is 5.32 Å². The van der Waals surface area contributed by atoms with Crippen molar-refractivity contribution in [2.45, 2.75) is 51.5 Å². The van der Waals surface area contributed by atoms with E-state index in [1.807, 2.05) is 6.92 Å². The Morgan fingerprint density at radius 1 is 1.14 bits per heavy atom. The number of rotatable bonds is 5. The number of hydrogen-bond donors (Lipinski definition) is 1. The minimum absolute atomic E-state index is 0.881. The van der Waals surface area contributed by atoms with Crippen molar-refractivity contribution in [2.24, 2.45) is 11.8 Å². The van der Waals surface area contributed by atoms with E-state index in [0.717, 1.165) is 24.3 Å². The van der Waals surface area contributed by atoms with Crippen molar-refractivity contribution in [2.75, 3.05) is 6.54 Å². The van der Waals surface area contributed by atoms with Gasteiger partial charge < -0.3 is 5.32 Å². The summed E-state index contributed by atoms with van der Waals surface area (Å²) in [5, 5.41) is 3.64. The molecule has 78 valence electrons. The lowest BCUT2D eigenvalue weighted by Gasteiger charge is -2.36. The monoisotopic (exact) mass is 191 g/mol. The molecular weight excluding hydrogens is 170 g/mol. The van der Waals surface area contributed by atoms with Crippen molar-refractivity contribution >= 4 is 0 Å². The average Bonchev–Trinajstić information content (AvgIpc) is 2.94. The zero-order valence-electron chi connectivity index (χ0n) is 9.18. The van der Waals surface area contributed by atoms with Crippen LogP contribution in [-0.2, 0) is 0 Å². The van der Waals surface area contributed by atoms with Gasteiger partial charge in [0, 0.05) is 12.5 Å². The number of hydrogen-bond acceptors (Lipinski definition) is 1. The van der Waals surface area contributed by atoms with Crippen LogP contribution < -0.4 is 5.32 Å². The second-order valence-corrected chi connectivity index (χ2v) is 4.75. The van der Waals surface area contributed by atoms with Gasteiger partial charge in [-0.2, -0.15) is 0 Å². The summed E-state index contributed by atoms with van der Waals surface area (Å²) in [6.07, 6.45) is 8.17. The summed E-state index contributed by atoms with van der Waals surface area (Å²) in [5.74, 6) is 8.10. The van der Waals surface area contributed by atoms with E-state index in [9.17, 15) is 0 Å². The fourth-order valence-corrected chi connectivity index (χ4v) is 2.27. The predicted molar refractivity (Wildman–Crippen MR) is 59.9 cm³/mol. The quantitative estimate of drug-likeness (QED) is 0.659. The van der Waals surface area contributed by atoms with Crippen molar-refractivity contribution in [3.63, 3.8) is 0 Å². The summed E-state index contributed by atoms with van der Waals surface area (Å²) in [4.78, 5) is 0. The molecule has 0 aromatic rings. The summed E-state index contributed by atoms with van der Waals surface area (Å²) in [5.41, 5.74) is 0. The Morgan fingerprint density at radius 2 is 1.93 bits per heavy atom. The van der Waals surface area contributed by atoms with Crippen molar-refractivity contribution in [3.05, 3.63) is 0 Å². The molecule has 0 aromatic carbocycles. The van der Waals surface area contributed by atoms with E-state index in [2.05, 4.69) is 17.2 Å². The van der Waals surface area contributed by atoms with Crippen LogP contribution in [0.15, 0.2) is 0 Å². The highest BCUT2D eigenvalue weighted by atomic mass is 14.9. The Morgan fingerprint density at radius 3 is 2.50 bits per heavy atom. The van der Waals surface area contributed by atoms with E-state index in [1.54, 1.807) is 0 Å². The summed E-state index contributed by atoms with van der Waals surface area (Å²) in [6.45, 7) is 3.21. The minimum atomic E-state index is 0.881. The average molecular weight is 191 g/mol. The normalized spacial score (nSPS) is 30.4. The highest BCUT2D eigenvalue weighted by Gasteiger charge is 2.31. The first kappa shape index (κ1) is 10.1. The maximum atomic E-state index is 3.64. The molecule has 1 heteroatoms. The van der Waals surface area contributed by atoms with E-state index < -0.39 is 0 Å². The molecule has 1 nitrogen and oxygen atoms in total. The van der Waals surface area contributed by atoms with Crippen LogP contribution in [0.25, 0.3) is 0 Å². The molecule has 0 bridgehead atoms. The molecule has 2 fully saturated rings. The Bertz CT molecular complexity index is 231. The first-order valence-electron chi connectivity index (χ1n) is 6.03. The third kappa shape index (κ3) is 2.75. The smallest absolute Gasteiger partial charge is 0.00913 e. The molecule has 0 radical (unpaired) electrons. The lowest BCUT2D eigenvalue weighted by Crippen LogP contribution is -2.36. The molecule has 1 N–H and O–H groups in total. The van der Waals surface area contributed by atoms with E-state index in [0.29, 0.717) is 0 Å². The fraction of sp³-hybridized carbons (Fsp3) is 0.846. The van der Waals surface area contributed by atoms with Gasteiger partial charge >= 0.3 is 0 Å². The Hall–Kier alpha value is -0.480. The van der Waals surface area contributed by atoms with Crippen molar-refractivity contribution in [1.29, 1.82) is 0 Å². The Kier molecular flexibility index (Phi) is 3.48. The van der Waals surface area contributed by atoms with Gasteiger partial charge in [-0.1, -0.05) is 0 Å². The molecule has 0 aliphatic heterocycles. The van der Waals surface area contributed by atoms with Gasteiger partial charge in [-0.25, -0.2) is 0 Å². The van der Waals surface area contributed by atoms with Gasteiger partial charge in [-0.15, -0.1) is 11.8 Å². The van der Waals surface area contributed by atoms with Crippen LogP contribution in [0, 0.1) is 23.7 Å². The van der Waals surface area contributed by atoms with Gasteiger partial charge in [0.25, 0.3) is 0 Å². The van der Waals surface area contributed by atoms with Gasteiger partial charge in [0.2, 0.25) is 0 Å². The second kappa shape index (κ2) is 4.84. The standard InChI is InChI=1S/C13H21N/c1-2-3-4-5-11-6-7-12(11)10-14-13-8-9-13/h11-14H,4-10H2,1H3. The van der Waals surface area contributed by atoms with Crippen LogP contribution in [0.4, 0.5) is 0 Å². The summed E-state index contributed by atoms with van der Waals surface area (Å²) >= 11 is 0. The van der Waals surface area contributed by atoms with Crippen LogP contribution in [0.5, 0.6) is 0 Å². The maximum Gasteiger partial charge on any atom is 0.00913 e. The molecule has 2 unspecified atom stereocenters. The molecule has 2 aliphatic carbocycles. The Labute approximate surface area is 87.7 Å². The predicted octanol–water partition coefficient (Wildman–Crippen LogP) is 2.57. The van der Waals surface area contributed by atoms with Crippen molar-refractivity contribution in [3.8, 4) is 11.8 Å². The first-order chi connectivity index (χ1) is 6.90. The van der Waals surface area contributed by atoms with E-state index in [4.69, 9.17) is 0 Å². The highest BCUT2D eigenvalue weighted by Crippen LogP contribution is 2.37. The molecule has 2 atom stereocenters. The largest absolute Gasteiger partial charge is 0.314 e. The summed E-state index contributed by atoms with van der Waals surface area (Å²) in [6, 6.07) is 0.881. The third-order valence-corrected chi connectivity index (χ3v) is 3.64. The second-order valence-electron chi connectivity index (χ2n) is 4.75. The molecule has 0 saturated heterocycles. The lowest BCUT2D eigenvalue weighted by atomic mass is 9.71. The molecule has 2 aliphatic rings. The topological polar surface area (TPSA) is 12.0 Å². The van der Waals surface area contributed by atoms with Gasteiger partial charge in [0.1, 0.15) is 0 Å². The van der Waals surface area contributed by atoms with Crippen LogP contribution in [-0.4, -0.2) is 12.6 Å². The maximum absolute atomic E-state index is 3.64. The third-order valence-electron chi connectivity index (χ3n) is 3.64. The zero-order chi connectivity index (χ0) is 9.80. The van der Waals surface area contributed by atoms with Crippen LogP contribution in [0.2, 0.25) is 0 Å². The van der Waals surface area contributed by atoms with Gasteiger partial charge in [0.15, 0.2) is 0 Å². The molecule has 2 rings (SSSR count). The van der Waals surface area contributed by atoms with Crippen LogP contribution in [0.1, 0.15) is 45.4 Å². The van der Waals surface area contributed by atoms with E-state index >= 15 is 0 Å². The molecule has 0 aromatic heterocycles. The Balaban J connectivity index is 1.58. The lowest BCUT2D eigenvalue weighted by molar-refractivity contribution is 0.161. The van der Waals surface area contributed by atoms with E-state index in [1.165, 1.54) is 38.6 Å². The zero-order valence-corrected chi connectivity index (χ0v) is 9.18. The molecular formula is C13H21N. The van der Waals surface area contributed by atoms with Crippen molar-refractivity contribution < 1.29 is 0 Å². The molecule has 0 spiro atoms. The SMILES string of the molecule is CC#CCCC1CCC1CNC1CC1. The highest BCUT2D eigenvalue weighted by molar-refractivity contribution is 4.96. The van der Waals surface area contributed by atoms with Crippen LogP contribution >= 0.6 is 0 Å². The van der Waals surface area contributed by atoms with Crippen LogP contribution in [0.3, 0.4) is 0 Å². The number of nitrogens with one attached hydrogen (secondary N) is 1. The minimum Gasteiger partial charge on any atom is -0.314 e. The molecule has 14 heavy (non-hydrogen) atoms. The van der Waals surface area contributed by atoms with Gasteiger partial charge in [-0.05, 0) is 57.4 Å². The van der Waals surface area contributed by atoms with Gasteiger partial charge in [-0.3, -0.25) is 0 Å². The molecule has 0 heterocycles. The summed E-state index contributed by atoms with van der Waals surface area (Å²) in [7, 11) is 0. The molecule has 2 saturated carbocycles.